The topological polar surface area (TPSA) is 257 Å². The van der Waals surface area contributed by atoms with Crippen LogP contribution in [0.5, 0.6) is 0 Å². The van der Waals surface area contributed by atoms with Gasteiger partial charge in [-0.05, 0) is 68.5 Å². The lowest BCUT2D eigenvalue weighted by Crippen LogP contribution is -2.54. The van der Waals surface area contributed by atoms with Crippen molar-refractivity contribution in [3.05, 3.63) is 64.7 Å². The molecule has 7 rings (SSSR count). The number of anilines is 1. The van der Waals surface area contributed by atoms with Crippen molar-refractivity contribution in [3.63, 3.8) is 0 Å². The molecule has 0 bridgehead atoms. The lowest BCUT2D eigenvalue weighted by molar-refractivity contribution is -0.136. The Balaban J connectivity index is 0.757. The largest absolute Gasteiger partial charge is 0.382 e. The third-order valence-electron chi connectivity index (χ3n) is 13.0. The van der Waals surface area contributed by atoms with Crippen LogP contribution in [-0.2, 0) is 43.5 Å². The first-order chi connectivity index (χ1) is 32.6. The number of amides is 7. The second-order valence-corrected chi connectivity index (χ2v) is 20.9. The molecule has 2 aromatic rings. The molecule has 6 unspecified atom stereocenters. The maximum absolute atomic E-state index is 13.3. The van der Waals surface area contributed by atoms with Gasteiger partial charge in [-0.25, -0.2) is 12.7 Å². The van der Waals surface area contributed by atoms with Gasteiger partial charge in [0.25, 0.3) is 11.8 Å². The van der Waals surface area contributed by atoms with Crippen molar-refractivity contribution in [2.45, 2.75) is 61.8 Å². The Morgan fingerprint density at radius 1 is 0.941 bits per heavy atom. The number of carbonyl (C=O) groups is 7. The van der Waals surface area contributed by atoms with Gasteiger partial charge in [-0.2, -0.15) is 0 Å². The van der Waals surface area contributed by atoms with Crippen LogP contribution in [0.1, 0.15) is 75.9 Å². The number of rotatable bonds is 21. The summed E-state index contributed by atoms with van der Waals surface area (Å²) in [6.45, 7) is 3.27. The van der Waals surface area contributed by atoms with Gasteiger partial charge in [-0.3, -0.25) is 54.0 Å². The van der Waals surface area contributed by atoms with Crippen molar-refractivity contribution in [2.24, 2.45) is 5.92 Å². The lowest BCUT2D eigenvalue weighted by Gasteiger charge is -2.37. The predicted octanol–water partition coefficient (Wildman–Crippen LogP) is -0.409. The zero-order valence-corrected chi connectivity index (χ0v) is 40.3. The number of hydrogen-bond acceptors (Lipinski definition) is 16. The first-order valence-corrected chi connectivity index (χ1v) is 25.9. The molecule has 5 aliphatic rings. The number of likely N-dealkylation sites (N-methyl/N-ethyl adjacent to an activating group) is 2. The highest BCUT2D eigenvalue weighted by molar-refractivity contribution is 8.00. The number of piperidine rings is 2. The first-order valence-electron chi connectivity index (χ1n) is 23.0. The second-order valence-electron chi connectivity index (χ2n) is 17.7. The van der Waals surface area contributed by atoms with Crippen molar-refractivity contribution in [3.8, 4) is 0 Å². The van der Waals surface area contributed by atoms with E-state index in [2.05, 4.69) is 56.2 Å². The average Bonchev–Trinajstić information content (AvgIpc) is 4.07. The highest BCUT2D eigenvalue weighted by atomic mass is 32.2. The van der Waals surface area contributed by atoms with Gasteiger partial charge in [0, 0.05) is 57.1 Å². The van der Waals surface area contributed by atoms with Crippen LogP contribution in [0.25, 0.3) is 0 Å². The van der Waals surface area contributed by atoms with Crippen LogP contribution in [-0.4, -0.2) is 185 Å². The van der Waals surface area contributed by atoms with Crippen LogP contribution in [0.15, 0.2) is 42.5 Å². The van der Waals surface area contributed by atoms with Crippen molar-refractivity contribution in [1.82, 2.24) is 45.6 Å². The Bertz CT molecular complexity index is 2340. The Morgan fingerprint density at radius 3 is 2.47 bits per heavy atom. The van der Waals surface area contributed by atoms with E-state index in [0.29, 0.717) is 58.2 Å². The minimum Gasteiger partial charge on any atom is -0.382 e. The van der Waals surface area contributed by atoms with E-state index in [0.717, 1.165) is 41.9 Å². The Labute approximate surface area is 400 Å². The molecule has 4 saturated heterocycles. The fourth-order valence-electron chi connectivity index (χ4n) is 9.08. The molecule has 7 amide bonds. The van der Waals surface area contributed by atoms with E-state index in [1.165, 1.54) is 9.87 Å². The summed E-state index contributed by atoms with van der Waals surface area (Å²) in [4.78, 5) is 93.5. The molecule has 2 aromatic carbocycles. The quantitative estimate of drug-likeness (QED) is 0.0687. The third kappa shape index (κ3) is 12.8. The molecule has 370 valence electrons. The van der Waals surface area contributed by atoms with Gasteiger partial charge in [0.15, 0.2) is 0 Å². The number of sulfonamides is 1. The molecule has 23 heteroatoms. The average molecular weight is 983 g/mol. The Kier molecular flexibility index (Phi) is 17.2. The summed E-state index contributed by atoms with van der Waals surface area (Å²) in [5.74, 6) is -2.37. The maximum atomic E-state index is 13.3. The molecule has 6 atom stereocenters. The Morgan fingerprint density at radius 2 is 1.71 bits per heavy atom. The number of nitrogens with zero attached hydrogens (tertiary/aromatic N) is 4. The summed E-state index contributed by atoms with van der Waals surface area (Å²) in [5.41, 5.74) is 2.85. The predicted molar refractivity (Wildman–Crippen MR) is 252 cm³/mol. The first kappa shape index (κ1) is 50.9. The van der Waals surface area contributed by atoms with Gasteiger partial charge in [-0.1, -0.05) is 30.3 Å². The van der Waals surface area contributed by atoms with Gasteiger partial charge in [0.1, 0.15) is 11.5 Å². The van der Waals surface area contributed by atoms with Crippen LogP contribution >= 0.6 is 11.8 Å². The smallest absolute Gasteiger partial charge is 0.264 e. The fourth-order valence-corrected chi connectivity index (χ4v) is 11.1. The van der Waals surface area contributed by atoms with Crippen LogP contribution in [0.3, 0.4) is 0 Å². The molecule has 0 aromatic heterocycles. The summed E-state index contributed by atoms with van der Waals surface area (Å²) >= 11 is 1.58. The van der Waals surface area contributed by atoms with E-state index in [1.807, 2.05) is 11.9 Å². The highest BCUT2D eigenvalue weighted by Gasteiger charge is 2.45. The summed E-state index contributed by atoms with van der Waals surface area (Å²) in [7, 11) is 0.343. The molecule has 68 heavy (non-hydrogen) atoms. The summed E-state index contributed by atoms with van der Waals surface area (Å²) in [5, 5.41) is 18.0. The Hall–Kier alpha value is -5.01. The number of ether oxygens (including phenoxy) is 2. The zero-order valence-electron chi connectivity index (χ0n) is 38.6. The second kappa shape index (κ2) is 23.1. The summed E-state index contributed by atoms with van der Waals surface area (Å²) < 4.78 is 36.3. The van der Waals surface area contributed by atoms with Gasteiger partial charge in [-0.15, -0.1) is 11.8 Å². The number of thioether (sulfide) groups is 1. The fraction of sp³-hybridized carbons (Fsp3) is 0.578. The molecule has 4 fully saturated rings. The number of hydrogen-bond donors (Lipinski definition) is 6. The molecule has 0 spiro atoms. The van der Waals surface area contributed by atoms with Gasteiger partial charge in [0.2, 0.25) is 39.6 Å². The van der Waals surface area contributed by atoms with Crippen LogP contribution in [0.4, 0.5) is 5.69 Å². The number of benzene rings is 2. The van der Waals surface area contributed by atoms with Gasteiger partial charge in [0.05, 0.1) is 69.0 Å². The molecular weight excluding hydrogens is 921 g/mol. The third-order valence-corrected chi connectivity index (χ3v) is 15.4. The van der Waals surface area contributed by atoms with E-state index < -0.39 is 45.6 Å². The SMILES string of the molecule is CN(CCOCCOCCNc1cccc2c1C(=O)N(C1CCC(=O)NC1=O)C2=O)C(=O)CN(C)C1CC(c2cccc(C3CSC(NC(=O)CNC(=O)C4CCN(S(C)(=O)=O)C4)N3)c2)CCN1. The number of fused-ring (bicyclic) bond motifs is 1. The van der Waals surface area contributed by atoms with E-state index in [1.54, 1.807) is 41.9 Å². The van der Waals surface area contributed by atoms with Crippen LogP contribution in [0.2, 0.25) is 0 Å². The number of carbonyl (C=O) groups excluding carboxylic acids is 7. The van der Waals surface area contributed by atoms with Crippen molar-refractivity contribution in [1.29, 1.82) is 0 Å². The van der Waals surface area contributed by atoms with E-state index >= 15 is 0 Å². The van der Waals surface area contributed by atoms with Crippen molar-refractivity contribution < 1.29 is 51.5 Å². The van der Waals surface area contributed by atoms with Crippen molar-refractivity contribution in [2.75, 3.05) is 104 Å². The molecule has 21 nitrogen and oxygen atoms in total. The highest BCUT2D eigenvalue weighted by Crippen LogP contribution is 2.34. The molecule has 0 saturated carbocycles. The van der Waals surface area contributed by atoms with Crippen molar-refractivity contribution >= 4 is 68.8 Å². The minimum absolute atomic E-state index is 0.00324. The molecular formula is C45H62N10O11S2. The molecule has 6 N–H and O–H groups in total. The van der Waals surface area contributed by atoms with E-state index in [9.17, 15) is 42.0 Å². The number of imide groups is 2. The van der Waals surface area contributed by atoms with Gasteiger partial charge < -0.3 is 35.6 Å². The van der Waals surface area contributed by atoms with Crippen LogP contribution < -0.4 is 31.9 Å². The zero-order chi connectivity index (χ0) is 48.5. The monoisotopic (exact) mass is 982 g/mol. The minimum atomic E-state index is -3.36. The number of nitrogens with one attached hydrogen (secondary N) is 6. The van der Waals surface area contributed by atoms with E-state index in [-0.39, 0.29) is 84.9 Å². The standard InChI is InChI=1S/C45H62N10O11S2/c1-52(17-19-66-21-20-65-18-15-46-33-9-5-8-32-40(33)44(62)55(43(32)61)35-10-11-37(56)50-42(35)60)39(58)26-53(2)36-23-29(12-14-47-36)28-6-4-7-30(22-28)34-27-67-45(49-34)51-38(57)24-48-41(59)31-13-16-54(25-31)68(3,63)64/h4-9,22,29,31,34-36,45-47,49H,10-21,23-27H2,1-3H3,(H,48,59)(H,51,57)(H,50,56,60). The summed E-state index contributed by atoms with van der Waals surface area (Å²) in [6.07, 6.45) is 3.46. The van der Waals surface area contributed by atoms with Gasteiger partial charge >= 0.3 is 0 Å². The molecule has 5 heterocycles. The normalized spacial score (nSPS) is 24.3. The van der Waals surface area contributed by atoms with Crippen LogP contribution in [0, 0.1) is 5.92 Å². The lowest BCUT2D eigenvalue weighted by atomic mass is 9.87. The molecule has 0 aliphatic carbocycles. The molecule has 0 radical (unpaired) electrons. The summed E-state index contributed by atoms with van der Waals surface area (Å²) in [6, 6.07) is 12.4. The molecule has 5 aliphatic heterocycles. The van der Waals surface area contributed by atoms with E-state index in [4.69, 9.17) is 9.47 Å². The maximum Gasteiger partial charge on any atom is 0.264 e.